The second-order valence-electron chi connectivity index (χ2n) is 8.88. The zero-order valence-corrected chi connectivity index (χ0v) is 18.1. The van der Waals surface area contributed by atoms with E-state index in [0.29, 0.717) is 25.1 Å². The van der Waals surface area contributed by atoms with E-state index in [1.54, 1.807) is 4.90 Å². The van der Waals surface area contributed by atoms with Gasteiger partial charge in [-0.2, -0.15) is 0 Å². The lowest BCUT2D eigenvalue weighted by molar-refractivity contribution is -0.136. The van der Waals surface area contributed by atoms with Gasteiger partial charge in [-0.3, -0.25) is 19.7 Å². The van der Waals surface area contributed by atoms with Gasteiger partial charge in [0.05, 0.1) is 0 Å². The molecule has 1 atom stereocenters. The number of rotatable bonds is 5. The van der Waals surface area contributed by atoms with Crippen LogP contribution in [0.15, 0.2) is 36.4 Å². The van der Waals surface area contributed by atoms with E-state index in [9.17, 15) is 14.4 Å². The second kappa shape index (κ2) is 8.39. The summed E-state index contributed by atoms with van der Waals surface area (Å²) in [6.45, 7) is 2.73. The highest BCUT2D eigenvalue weighted by Gasteiger charge is 2.39. The number of anilines is 1. The van der Waals surface area contributed by atoms with Crippen LogP contribution < -0.4 is 16.0 Å². The maximum absolute atomic E-state index is 13.1. The van der Waals surface area contributed by atoms with Crippen molar-refractivity contribution in [3.63, 3.8) is 0 Å². The summed E-state index contributed by atoms with van der Waals surface area (Å²) in [6, 6.07) is 12.0. The van der Waals surface area contributed by atoms with Gasteiger partial charge >= 0.3 is 0 Å². The topological polar surface area (TPSA) is 95.7 Å². The largest absolute Gasteiger partial charge is 0.367 e. The third-order valence-corrected chi connectivity index (χ3v) is 6.77. The maximum Gasteiger partial charge on any atom is 0.255 e. The van der Waals surface area contributed by atoms with Crippen molar-refractivity contribution < 1.29 is 14.4 Å². The van der Waals surface area contributed by atoms with Crippen molar-refractivity contribution in [2.45, 2.75) is 51.2 Å². The summed E-state index contributed by atoms with van der Waals surface area (Å²) in [6.07, 6.45) is 3.68. The number of piperidine rings is 1. The number of aryl methyl sites for hydroxylation is 1. The molecule has 3 amide bonds. The fraction of sp³-hybridized carbons (Fsp3) is 0.400. The van der Waals surface area contributed by atoms with E-state index in [0.717, 1.165) is 43.5 Å². The smallest absolute Gasteiger partial charge is 0.255 e. The Morgan fingerprint density at radius 3 is 2.75 bits per heavy atom. The molecule has 0 aliphatic carbocycles. The fourth-order valence-corrected chi connectivity index (χ4v) is 5.26. The number of fused-ring (bicyclic) bond motifs is 2. The minimum Gasteiger partial charge on any atom is -0.367 e. The van der Waals surface area contributed by atoms with Gasteiger partial charge in [-0.15, -0.1) is 0 Å². The summed E-state index contributed by atoms with van der Waals surface area (Å²) in [4.78, 5) is 40.9. The van der Waals surface area contributed by atoms with Crippen LogP contribution in [0.1, 0.15) is 51.9 Å². The standard InChI is InChI=1S/C25H28N4O3/c26-11-10-18-4-1-3-17-5-2-12-28(23(17)18)14-16-6-7-19-15-29(25(32)20(19)13-16)21-8-9-22(30)27-24(21)31/h1,3-4,6-7,13,21H,2,5,8-12,14-15,26H2,(H,27,30,31). The lowest BCUT2D eigenvalue weighted by atomic mass is 9.95. The predicted molar refractivity (Wildman–Crippen MR) is 121 cm³/mol. The molecule has 3 N–H and O–H groups in total. The summed E-state index contributed by atoms with van der Waals surface area (Å²) < 4.78 is 0. The Kier molecular flexibility index (Phi) is 5.43. The van der Waals surface area contributed by atoms with E-state index in [4.69, 9.17) is 5.73 Å². The first kappa shape index (κ1) is 20.7. The van der Waals surface area contributed by atoms with Crippen LogP contribution in [-0.4, -0.2) is 41.8 Å². The molecule has 1 saturated heterocycles. The average molecular weight is 433 g/mol. The van der Waals surface area contributed by atoms with Crippen LogP contribution in [0.3, 0.4) is 0 Å². The molecule has 0 spiro atoms. The van der Waals surface area contributed by atoms with Gasteiger partial charge in [0.1, 0.15) is 6.04 Å². The first-order chi connectivity index (χ1) is 15.5. The van der Waals surface area contributed by atoms with E-state index < -0.39 is 6.04 Å². The number of hydrogen-bond donors (Lipinski definition) is 2. The number of benzene rings is 2. The monoisotopic (exact) mass is 432 g/mol. The van der Waals surface area contributed by atoms with Crippen LogP contribution >= 0.6 is 0 Å². The van der Waals surface area contributed by atoms with Crippen molar-refractivity contribution in [3.05, 3.63) is 64.2 Å². The molecule has 7 nitrogen and oxygen atoms in total. The molecule has 1 unspecified atom stereocenters. The SMILES string of the molecule is NCCc1cccc2c1N(Cc1ccc3c(c1)C(=O)N(C1CCC(=O)NC1=O)C3)CCC2. The van der Waals surface area contributed by atoms with Crippen molar-refractivity contribution in [1.82, 2.24) is 10.2 Å². The molecule has 32 heavy (non-hydrogen) atoms. The number of amides is 3. The summed E-state index contributed by atoms with van der Waals surface area (Å²) in [5.74, 6) is -0.771. The van der Waals surface area contributed by atoms with Crippen LogP contribution in [0.25, 0.3) is 0 Å². The molecular formula is C25H28N4O3. The first-order valence-corrected chi connectivity index (χ1v) is 11.4. The first-order valence-electron chi connectivity index (χ1n) is 11.4. The van der Waals surface area contributed by atoms with Gasteiger partial charge in [0, 0.05) is 37.3 Å². The van der Waals surface area contributed by atoms with Gasteiger partial charge in [-0.1, -0.05) is 30.3 Å². The molecule has 0 radical (unpaired) electrons. The molecule has 7 heteroatoms. The van der Waals surface area contributed by atoms with E-state index in [1.165, 1.54) is 16.8 Å². The minimum absolute atomic E-state index is 0.126. The highest BCUT2D eigenvalue weighted by Crippen LogP contribution is 2.34. The molecule has 1 fully saturated rings. The van der Waals surface area contributed by atoms with E-state index in [-0.39, 0.29) is 24.1 Å². The van der Waals surface area contributed by atoms with Gasteiger partial charge < -0.3 is 15.5 Å². The van der Waals surface area contributed by atoms with Gasteiger partial charge in [0.2, 0.25) is 11.8 Å². The van der Waals surface area contributed by atoms with Crippen molar-refractivity contribution in [3.8, 4) is 0 Å². The van der Waals surface area contributed by atoms with Crippen LogP contribution in [0.5, 0.6) is 0 Å². The number of hydrogen-bond acceptors (Lipinski definition) is 5. The van der Waals surface area contributed by atoms with Gasteiger partial charge in [0.25, 0.3) is 5.91 Å². The number of imide groups is 1. The summed E-state index contributed by atoms with van der Waals surface area (Å²) in [5.41, 5.74) is 12.5. The van der Waals surface area contributed by atoms with Crippen molar-refractivity contribution >= 4 is 23.4 Å². The normalized spacial score (nSPS) is 20.3. The predicted octanol–water partition coefficient (Wildman–Crippen LogP) is 1.90. The van der Waals surface area contributed by atoms with Crippen LogP contribution in [-0.2, 0) is 35.5 Å². The van der Waals surface area contributed by atoms with Crippen LogP contribution in [0, 0.1) is 0 Å². The molecule has 0 aromatic heterocycles. The lowest BCUT2D eigenvalue weighted by Gasteiger charge is -2.33. The van der Waals surface area contributed by atoms with E-state index >= 15 is 0 Å². The number of para-hydroxylation sites is 1. The quantitative estimate of drug-likeness (QED) is 0.704. The molecule has 2 aromatic rings. The summed E-state index contributed by atoms with van der Waals surface area (Å²) in [7, 11) is 0. The molecule has 166 valence electrons. The third-order valence-electron chi connectivity index (χ3n) is 6.77. The van der Waals surface area contributed by atoms with Crippen molar-refractivity contribution in [2.75, 3.05) is 18.0 Å². The Bertz CT molecular complexity index is 1100. The number of carbonyl (C=O) groups excluding carboxylic acids is 3. The zero-order chi connectivity index (χ0) is 22.2. The zero-order valence-electron chi connectivity index (χ0n) is 18.1. The molecule has 3 aliphatic rings. The Hall–Kier alpha value is -3.19. The highest BCUT2D eigenvalue weighted by atomic mass is 16.2. The second-order valence-corrected chi connectivity index (χ2v) is 8.88. The Morgan fingerprint density at radius 1 is 1.06 bits per heavy atom. The molecule has 3 aliphatic heterocycles. The van der Waals surface area contributed by atoms with Crippen molar-refractivity contribution in [1.29, 1.82) is 0 Å². The number of nitrogens with two attached hydrogens (primary N) is 1. The van der Waals surface area contributed by atoms with E-state index in [1.807, 2.05) is 12.1 Å². The molecular weight excluding hydrogens is 404 g/mol. The van der Waals surface area contributed by atoms with Gasteiger partial charge in [0.15, 0.2) is 0 Å². The molecule has 3 heterocycles. The Balaban J connectivity index is 1.38. The van der Waals surface area contributed by atoms with E-state index in [2.05, 4.69) is 34.5 Å². The molecule has 2 aromatic carbocycles. The van der Waals surface area contributed by atoms with Gasteiger partial charge in [-0.05, 0) is 60.5 Å². The maximum atomic E-state index is 13.1. The number of carbonyl (C=O) groups is 3. The Morgan fingerprint density at radius 2 is 1.94 bits per heavy atom. The fourth-order valence-electron chi connectivity index (χ4n) is 5.26. The van der Waals surface area contributed by atoms with Crippen molar-refractivity contribution in [2.24, 2.45) is 5.73 Å². The minimum atomic E-state index is -0.580. The third kappa shape index (κ3) is 3.66. The Labute approximate surface area is 187 Å². The molecule has 5 rings (SSSR count). The average Bonchev–Trinajstić information content (AvgIpc) is 3.10. The summed E-state index contributed by atoms with van der Waals surface area (Å²) in [5, 5.41) is 2.36. The molecule has 0 saturated carbocycles. The highest BCUT2D eigenvalue weighted by molar-refractivity contribution is 6.05. The summed E-state index contributed by atoms with van der Waals surface area (Å²) >= 11 is 0. The number of nitrogens with zero attached hydrogens (tertiary/aromatic N) is 2. The van der Waals surface area contributed by atoms with Gasteiger partial charge in [-0.25, -0.2) is 0 Å². The van der Waals surface area contributed by atoms with Crippen LogP contribution in [0.2, 0.25) is 0 Å². The number of nitrogens with one attached hydrogen (secondary N) is 1. The lowest BCUT2D eigenvalue weighted by Crippen LogP contribution is -2.52. The van der Waals surface area contributed by atoms with Crippen LogP contribution in [0.4, 0.5) is 5.69 Å². The molecule has 0 bridgehead atoms.